The second kappa shape index (κ2) is 10.1. The highest BCUT2D eigenvalue weighted by Crippen LogP contribution is 2.31. The Morgan fingerprint density at radius 2 is 1.66 bits per heavy atom. The van der Waals surface area contributed by atoms with Crippen LogP contribution < -0.4 is 5.56 Å². The maximum atomic E-state index is 13.7. The van der Waals surface area contributed by atoms with Crippen molar-refractivity contribution in [3.63, 3.8) is 0 Å². The van der Waals surface area contributed by atoms with Gasteiger partial charge in [0.1, 0.15) is 0 Å². The van der Waals surface area contributed by atoms with Gasteiger partial charge in [0.25, 0.3) is 11.5 Å². The summed E-state index contributed by atoms with van der Waals surface area (Å²) in [5.41, 5.74) is 2.78. The normalized spacial score (nSPS) is 20.5. The molecule has 10 nitrogen and oxygen atoms in total. The smallest absolute Gasteiger partial charge is 0.259 e. The molecule has 6 rings (SSSR count). The Balaban J connectivity index is 1.25. The lowest BCUT2D eigenvalue weighted by atomic mass is 9.94. The largest absolute Gasteiger partial charge is 0.381 e. The van der Waals surface area contributed by atoms with Crippen LogP contribution in [0.1, 0.15) is 47.6 Å². The summed E-state index contributed by atoms with van der Waals surface area (Å²) in [6.07, 6.45) is 4.69. The molecule has 0 aliphatic carbocycles. The second-order valence-corrected chi connectivity index (χ2v) is 11.1. The molecule has 0 saturated carbocycles. The summed E-state index contributed by atoms with van der Waals surface area (Å²) >= 11 is 0. The standard InChI is InChI=1S/C28H36N6O4/c1-18-15-24-22(25-23(26(35)30-24)17-29-34(25)20-5-13-38-14-6-20)16-21(18)28(37)32-7-3-19(4-8-32)27(36)33-11-9-31(2)10-12-33/h15-17,19-20H,3-14H2,1-2H3,(H,30,35). The van der Waals surface area contributed by atoms with Crippen LogP contribution in [-0.4, -0.2) is 101 Å². The first-order valence-electron chi connectivity index (χ1n) is 13.8. The van der Waals surface area contributed by atoms with Gasteiger partial charge in [-0.3, -0.25) is 19.1 Å². The molecule has 2 aromatic heterocycles. The van der Waals surface area contributed by atoms with Gasteiger partial charge in [-0.15, -0.1) is 0 Å². The monoisotopic (exact) mass is 520 g/mol. The van der Waals surface area contributed by atoms with Crippen LogP contribution in [0.15, 0.2) is 23.1 Å². The highest BCUT2D eigenvalue weighted by atomic mass is 16.5. The van der Waals surface area contributed by atoms with Crippen LogP contribution in [0.2, 0.25) is 0 Å². The van der Waals surface area contributed by atoms with E-state index in [1.807, 2.05) is 33.5 Å². The van der Waals surface area contributed by atoms with Crippen molar-refractivity contribution in [1.82, 2.24) is 29.5 Å². The molecule has 1 aromatic carbocycles. The van der Waals surface area contributed by atoms with E-state index in [-0.39, 0.29) is 29.3 Å². The van der Waals surface area contributed by atoms with Gasteiger partial charge in [0.2, 0.25) is 5.91 Å². The highest BCUT2D eigenvalue weighted by Gasteiger charge is 2.32. The van der Waals surface area contributed by atoms with Crippen LogP contribution in [0.25, 0.3) is 21.8 Å². The van der Waals surface area contributed by atoms with Gasteiger partial charge in [0.15, 0.2) is 0 Å². The van der Waals surface area contributed by atoms with Crippen molar-refractivity contribution in [3.05, 3.63) is 39.8 Å². The zero-order valence-electron chi connectivity index (χ0n) is 22.2. The molecule has 0 spiro atoms. The van der Waals surface area contributed by atoms with Crippen LogP contribution in [0, 0.1) is 12.8 Å². The average Bonchev–Trinajstić information content (AvgIpc) is 3.39. The van der Waals surface area contributed by atoms with E-state index in [2.05, 4.69) is 22.0 Å². The molecule has 0 bridgehead atoms. The van der Waals surface area contributed by atoms with Crippen molar-refractivity contribution in [3.8, 4) is 0 Å². The minimum atomic E-state index is -0.170. The lowest BCUT2D eigenvalue weighted by Gasteiger charge is -2.37. The van der Waals surface area contributed by atoms with Crippen molar-refractivity contribution in [2.75, 3.05) is 59.5 Å². The minimum Gasteiger partial charge on any atom is -0.381 e. The van der Waals surface area contributed by atoms with E-state index in [9.17, 15) is 14.4 Å². The van der Waals surface area contributed by atoms with Crippen molar-refractivity contribution in [2.45, 2.75) is 38.6 Å². The SMILES string of the molecule is Cc1cc2[nH]c(=O)c3cnn(C4CCOCC4)c3c2cc1C(=O)N1CCC(C(=O)N2CCN(C)CC2)CC1. The Kier molecular flexibility index (Phi) is 6.69. The molecule has 3 aliphatic heterocycles. The Labute approximate surface area is 221 Å². The third-order valence-corrected chi connectivity index (χ3v) is 8.62. The van der Waals surface area contributed by atoms with Crippen molar-refractivity contribution in [2.24, 2.45) is 5.92 Å². The first kappa shape index (κ1) is 25.1. The van der Waals surface area contributed by atoms with E-state index in [1.165, 1.54) is 0 Å². The van der Waals surface area contributed by atoms with Gasteiger partial charge in [-0.1, -0.05) is 0 Å². The van der Waals surface area contributed by atoms with E-state index in [0.717, 1.165) is 55.5 Å². The van der Waals surface area contributed by atoms with E-state index in [0.29, 0.717) is 55.6 Å². The summed E-state index contributed by atoms with van der Waals surface area (Å²) in [5.74, 6) is 0.199. The van der Waals surface area contributed by atoms with Crippen molar-refractivity contribution in [1.29, 1.82) is 0 Å². The fraction of sp³-hybridized carbons (Fsp3) is 0.571. The number of piperazine rings is 1. The number of carbonyl (C=O) groups is 2. The number of amides is 2. The molecule has 10 heteroatoms. The maximum Gasteiger partial charge on any atom is 0.259 e. The van der Waals surface area contributed by atoms with Crippen LogP contribution >= 0.6 is 0 Å². The number of aromatic nitrogens is 3. The van der Waals surface area contributed by atoms with Gasteiger partial charge in [0, 0.05) is 69.3 Å². The van der Waals surface area contributed by atoms with Crippen LogP contribution in [-0.2, 0) is 9.53 Å². The molecule has 3 fully saturated rings. The summed E-state index contributed by atoms with van der Waals surface area (Å²) < 4.78 is 7.48. The number of hydrogen-bond donors (Lipinski definition) is 1. The van der Waals surface area contributed by atoms with Crippen molar-refractivity contribution < 1.29 is 14.3 Å². The number of aromatic amines is 1. The molecule has 3 saturated heterocycles. The number of nitrogens with one attached hydrogen (secondary N) is 1. The number of hydrogen-bond acceptors (Lipinski definition) is 6. The minimum absolute atomic E-state index is 0.0151. The number of fused-ring (bicyclic) bond motifs is 3. The quantitative estimate of drug-likeness (QED) is 0.568. The van der Waals surface area contributed by atoms with Gasteiger partial charge >= 0.3 is 0 Å². The van der Waals surface area contributed by atoms with E-state index < -0.39 is 0 Å². The molecule has 5 heterocycles. The van der Waals surface area contributed by atoms with Crippen LogP contribution in [0.4, 0.5) is 0 Å². The molecule has 1 N–H and O–H groups in total. The number of ether oxygens (including phenoxy) is 1. The summed E-state index contributed by atoms with van der Waals surface area (Å²) in [7, 11) is 2.09. The molecule has 202 valence electrons. The van der Waals surface area contributed by atoms with Gasteiger partial charge in [-0.2, -0.15) is 5.10 Å². The lowest BCUT2D eigenvalue weighted by Crippen LogP contribution is -2.51. The zero-order chi connectivity index (χ0) is 26.4. The lowest BCUT2D eigenvalue weighted by molar-refractivity contribution is -0.138. The highest BCUT2D eigenvalue weighted by molar-refractivity contribution is 6.07. The summed E-state index contributed by atoms with van der Waals surface area (Å²) in [6, 6.07) is 3.97. The summed E-state index contributed by atoms with van der Waals surface area (Å²) in [4.78, 5) is 48.7. The molecule has 3 aliphatic rings. The molecule has 3 aromatic rings. The van der Waals surface area contributed by atoms with E-state index >= 15 is 0 Å². The molecular formula is C28H36N6O4. The van der Waals surface area contributed by atoms with Crippen LogP contribution in [0.3, 0.4) is 0 Å². The third kappa shape index (κ3) is 4.49. The number of pyridine rings is 1. The predicted molar refractivity (Wildman–Crippen MR) is 144 cm³/mol. The maximum absolute atomic E-state index is 13.7. The van der Waals surface area contributed by atoms with E-state index in [1.54, 1.807) is 6.20 Å². The van der Waals surface area contributed by atoms with E-state index in [4.69, 9.17) is 4.74 Å². The molecule has 2 amide bonds. The first-order chi connectivity index (χ1) is 18.4. The Hall–Kier alpha value is -3.24. The van der Waals surface area contributed by atoms with Gasteiger partial charge in [-0.25, -0.2) is 0 Å². The molecule has 0 atom stereocenters. The van der Waals surface area contributed by atoms with Gasteiger partial charge in [0.05, 0.1) is 28.7 Å². The number of carbonyl (C=O) groups excluding carboxylic acids is 2. The Morgan fingerprint density at radius 3 is 2.37 bits per heavy atom. The zero-order valence-corrected chi connectivity index (χ0v) is 22.2. The number of likely N-dealkylation sites (tertiary alicyclic amines) is 1. The fourth-order valence-electron chi connectivity index (χ4n) is 6.22. The summed E-state index contributed by atoms with van der Waals surface area (Å²) in [5, 5.41) is 5.96. The summed E-state index contributed by atoms with van der Waals surface area (Å²) in [6.45, 7) is 7.79. The predicted octanol–water partition coefficient (Wildman–Crippen LogP) is 2.16. The Morgan fingerprint density at radius 1 is 0.947 bits per heavy atom. The molecule has 0 radical (unpaired) electrons. The van der Waals surface area contributed by atoms with Gasteiger partial charge in [-0.05, 0) is 57.4 Å². The third-order valence-electron chi connectivity index (χ3n) is 8.62. The second-order valence-electron chi connectivity index (χ2n) is 11.1. The fourth-order valence-corrected chi connectivity index (χ4v) is 6.22. The number of likely N-dealkylation sites (N-methyl/N-ethyl adjacent to an activating group) is 1. The number of nitrogens with zero attached hydrogens (tertiary/aromatic N) is 5. The Bertz CT molecular complexity index is 1420. The number of piperidine rings is 1. The van der Waals surface area contributed by atoms with Gasteiger partial charge < -0.3 is 24.4 Å². The molecule has 38 heavy (non-hydrogen) atoms. The average molecular weight is 521 g/mol. The van der Waals surface area contributed by atoms with Crippen molar-refractivity contribution >= 4 is 33.6 Å². The number of rotatable bonds is 3. The molecular weight excluding hydrogens is 484 g/mol. The topological polar surface area (TPSA) is 104 Å². The molecule has 0 unspecified atom stereocenters. The first-order valence-corrected chi connectivity index (χ1v) is 13.8. The van der Waals surface area contributed by atoms with Crippen LogP contribution in [0.5, 0.6) is 0 Å². The number of H-pyrrole nitrogens is 1. The number of benzene rings is 1. The number of aryl methyl sites for hydroxylation is 1.